The van der Waals surface area contributed by atoms with E-state index in [1.54, 1.807) is 61.8 Å². The van der Waals surface area contributed by atoms with E-state index in [0.29, 0.717) is 28.0 Å². The van der Waals surface area contributed by atoms with E-state index in [4.69, 9.17) is 11.6 Å². The number of fused-ring (bicyclic) bond motifs is 1. The molecule has 0 spiro atoms. The molecule has 170 valence electrons. The molecule has 0 bridgehead atoms. The van der Waals surface area contributed by atoms with Crippen LogP contribution in [0.1, 0.15) is 15.9 Å². The van der Waals surface area contributed by atoms with Crippen LogP contribution in [0.2, 0.25) is 5.02 Å². The first-order valence-electron chi connectivity index (χ1n) is 10.2. The number of hydrogen-bond acceptors (Lipinski definition) is 6. The number of aryl methyl sites for hydroxylation is 1. The highest BCUT2D eigenvalue weighted by Crippen LogP contribution is 2.13. The second-order valence-corrected chi connectivity index (χ2v) is 7.97. The Hall–Kier alpha value is -3.82. The van der Waals surface area contributed by atoms with Gasteiger partial charge in [0.25, 0.3) is 11.5 Å². The van der Waals surface area contributed by atoms with Crippen molar-refractivity contribution in [1.82, 2.24) is 30.4 Å². The van der Waals surface area contributed by atoms with Crippen molar-refractivity contribution in [2.75, 3.05) is 13.6 Å². The third kappa shape index (κ3) is 4.69. The van der Waals surface area contributed by atoms with Crippen LogP contribution >= 0.6 is 11.6 Å². The molecule has 0 radical (unpaired) electrons. The van der Waals surface area contributed by atoms with E-state index in [2.05, 4.69) is 16.2 Å². The molecule has 1 aromatic heterocycles. The van der Waals surface area contributed by atoms with Crippen molar-refractivity contribution in [3.8, 4) is 0 Å². The lowest BCUT2D eigenvalue weighted by Gasteiger charge is -2.23. The van der Waals surface area contributed by atoms with Crippen LogP contribution in [0.3, 0.4) is 0 Å². The molecule has 0 unspecified atom stereocenters. The molecular weight excluding hydrogens is 444 g/mol. The van der Waals surface area contributed by atoms with E-state index >= 15 is 0 Å². The van der Waals surface area contributed by atoms with Crippen LogP contribution in [-0.4, -0.2) is 33.8 Å². The standard InChI is InChI=1S/C23H23ClN6O3/c1-25-30-14-16(9-10-27-30)12-26-21(31)17-5-8-20-19(11-17)22(32)29(23(33)28(20)2)13-15-3-6-18(24)7-4-15/h3-11,14,25,27H,12-13H2,1-2H3,(H,26,31). The molecule has 1 amide bonds. The molecule has 10 heteroatoms. The first kappa shape index (κ1) is 22.4. The molecule has 3 aromatic rings. The number of amides is 1. The van der Waals surface area contributed by atoms with Crippen LogP contribution in [0.25, 0.3) is 10.9 Å². The number of aromatic nitrogens is 2. The van der Waals surface area contributed by atoms with Crippen LogP contribution in [0, 0.1) is 0 Å². The van der Waals surface area contributed by atoms with Gasteiger partial charge in [-0.1, -0.05) is 23.7 Å². The molecular formula is C23H23ClN6O3. The molecule has 33 heavy (non-hydrogen) atoms. The molecule has 3 N–H and O–H groups in total. The highest BCUT2D eigenvalue weighted by Gasteiger charge is 2.15. The molecule has 0 saturated carbocycles. The Labute approximate surface area is 194 Å². The lowest BCUT2D eigenvalue weighted by atomic mass is 10.1. The maximum atomic E-state index is 13.2. The highest BCUT2D eigenvalue weighted by molar-refractivity contribution is 6.30. The van der Waals surface area contributed by atoms with Gasteiger partial charge in [0.15, 0.2) is 0 Å². The summed E-state index contributed by atoms with van der Waals surface area (Å²) < 4.78 is 2.57. The number of carbonyl (C=O) groups excluding carboxylic acids is 1. The Morgan fingerprint density at radius 2 is 1.88 bits per heavy atom. The molecule has 9 nitrogen and oxygen atoms in total. The van der Waals surface area contributed by atoms with E-state index in [-0.39, 0.29) is 12.5 Å². The number of hydrogen-bond donors (Lipinski definition) is 3. The molecule has 1 aliphatic heterocycles. The minimum atomic E-state index is -0.452. The number of rotatable bonds is 6. The maximum absolute atomic E-state index is 13.2. The van der Waals surface area contributed by atoms with Crippen LogP contribution < -0.4 is 27.4 Å². The number of halogens is 1. The largest absolute Gasteiger partial charge is 0.348 e. The lowest BCUT2D eigenvalue weighted by molar-refractivity contribution is 0.0957. The van der Waals surface area contributed by atoms with Gasteiger partial charge in [0.2, 0.25) is 0 Å². The Morgan fingerprint density at radius 3 is 2.61 bits per heavy atom. The van der Waals surface area contributed by atoms with Crippen molar-refractivity contribution in [3.05, 3.63) is 104 Å². The quantitative estimate of drug-likeness (QED) is 0.509. The van der Waals surface area contributed by atoms with Gasteiger partial charge in [-0.15, -0.1) is 0 Å². The van der Waals surface area contributed by atoms with Gasteiger partial charge in [-0.05, 0) is 47.5 Å². The van der Waals surface area contributed by atoms with Crippen LogP contribution in [0.4, 0.5) is 0 Å². The number of benzene rings is 2. The molecule has 2 heterocycles. The Balaban J connectivity index is 1.63. The topological polar surface area (TPSA) is 100 Å². The average molecular weight is 467 g/mol. The van der Waals surface area contributed by atoms with Crippen molar-refractivity contribution in [3.63, 3.8) is 0 Å². The van der Waals surface area contributed by atoms with Crippen LogP contribution in [-0.2, 0) is 13.6 Å². The van der Waals surface area contributed by atoms with E-state index in [1.807, 2.05) is 12.3 Å². The summed E-state index contributed by atoms with van der Waals surface area (Å²) in [6, 6.07) is 11.7. The smallest absolute Gasteiger partial charge is 0.331 e. The summed E-state index contributed by atoms with van der Waals surface area (Å²) in [7, 11) is 3.37. The monoisotopic (exact) mass is 466 g/mol. The summed E-state index contributed by atoms with van der Waals surface area (Å²) in [6.07, 6.45) is 5.41. The van der Waals surface area contributed by atoms with Crippen molar-refractivity contribution in [2.24, 2.45) is 7.05 Å². The lowest BCUT2D eigenvalue weighted by Crippen LogP contribution is -2.41. The van der Waals surface area contributed by atoms with Gasteiger partial charge in [0, 0.05) is 43.6 Å². The van der Waals surface area contributed by atoms with Crippen molar-refractivity contribution >= 4 is 28.4 Å². The summed E-state index contributed by atoms with van der Waals surface area (Å²) in [5.41, 5.74) is 7.44. The summed E-state index contributed by atoms with van der Waals surface area (Å²) in [6.45, 7) is 0.410. The first-order chi connectivity index (χ1) is 15.9. The summed E-state index contributed by atoms with van der Waals surface area (Å²) in [4.78, 5) is 38.7. The first-order valence-corrected chi connectivity index (χ1v) is 10.6. The number of carbonyl (C=O) groups is 1. The molecule has 1 aliphatic rings. The Bertz CT molecular complexity index is 1390. The normalized spacial score (nSPS) is 13.1. The summed E-state index contributed by atoms with van der Waals surface area (Å²) in [5.74, 6) is -0.321. The number of nitrogens with zero attached hydrogens (tertiary/aromatic N) is 3. The maximum Gasteiger partial charge on any atom is 0.331 e. The summed E-state index contributed by atoms with van der Waals surface area (Å²) in [5, 5.41) is 5.37. The van der Waals surface area contributed by atoms with E-state index in [0.717, 1.165) is 15.7 Å². The predicted molar refractivity (Wildman–Crippen MR) is 128 cm³/mol. The molecule has 0 atom stereocenters. The predicted octanol–water partition coefficient (Wildman–Crippen LogP) is 1.48. The van der Waals surface area contributed by atoms with E-state index in [1.165, 1.54) is 10.6 Å². The van der Waals surface area contributed by atoms with Gasteiger partial charge in [-0.3, -0.25) is 24.1 Å². The SMILES string of the molecule is CNN1C=C(CNC(=O)c2ccc3c(c2)c(=O)n(Cc2ccc(Cl)cc2)c(=O)n3C)C=CN1. The Morgan fingerprint density at radius 1 is 1.12 bits per heavy atom. The van der Waals surface area contributed by atoms with Gasteiger partial charge in [0.1, 0.15) is 0 Å². The fraction of sp³-hybridized carbons (Fsp3) is 0.174. The van der Waals surface area contributed by atoms with Gasteiger partial charge >= 0.3 is 5.69 Å². The molecule has 0 fully saturated rings. The fourth-order valence-electron chi connectivity index (χ4n) is 3.56. The minimum Gasteiger partial charge on any atom is -0.348 e. The van der Waals surface area contributed by atoms with E-state index in [9.17, 15) is 14.4 Å². The zero-order valence-corrected chi connectivity index (χ0v) is 18.9. The van der Waals surface area contributed by atoms with Crippen molar-refractivity contribution in [1.29, 1.82) is 0 Å². The molecule has 0 aliphatic carbocycles. The number of hydrazine groups is 2. The van der Waals surface area contributed by atoms with Crippen LogP contribution in [0.5, 0.6) is 0 Å². The van der Waals surface area contributed by atoms with E-state index < -0.39 is 11.2 Å². The van der Waals surface area contributed by atoms with Gasteiger partial charge < -0.3 is 5.32 Å². The third-order valence-electron chi connectivity index (χ3n) is 5.37. The van der Waals surface area contributed by atoms with Gasteiger partial charge in [-0.25, -0.2) is 15.3 Å². The van der Waals surface area contributed by atoms with Crippen LogP contribution in [0.15, 0.2) is 76.1 Å². The highest BCUT2D eigenvalue weighted by atomic mass is 35.5. The van der Waals surface area contributed by atoms with Crippen molar-refractivity contribution in [2.45, 2.75) is 6.54 Å². The Kier molecular flexibility index (Phi) is 6.34. The molecule has 0 saturated heterocycles. The zero-order valence-electron chi connectivity index (χ0n) is 18.1. The van der Waals surface area contributed by atoms with Crippen molar-refractivity contribution < 1.29 is 4.79 Å². The van der Waals surface area contributed by atoms with Gasteiger partial charge in [-0.2, -0.15) is 0 Å². The number of nitrogens with one attached hydrogen (secondary N) is 3. The average Bonchev–Trinajstić information content (AvgIpc) is 2.84. The zero-order chi connectivity index (χ0) is 23.5. The summed E-state index contributed by atoms with van der Waals surface area (Å²) >= 11 is 5.93. The molecule has 2 aromatic carbocycles. The second kappa shape index (κ2) is 9.35. The third-order valence-corrected chi connectivity index (χ3v) is 5.62. The molecule has 4 rings (SSSR count). The van der Waals surface area contributed by atoms with Gasteiger partial charge in [0.05, 0.1) is 17.4 Å². The fourth-order valence-corrected chi connectivity index (χ4v) is 3.68. The second-order valence-electron chi connectivity index (χ2n) is 7.53. The minimum absolute atomic E-state index is 0.103.